The van der Waals surface area contributed by atoms with Gasteiger partial charge in [0, 0.05) is 19.7 Å². The Hall–Kier alpha value is -2.41. The van der Waals surface area contributed by atoms with Gasteiger partial charge in [-0.1, -0.05) is 19.1 Å². The van der Waals surface area contributed by atoms with Crippen molar-refractivity contribution in [3.8, 4) is 0 Å². The maximum Gasteiger partial charge on any atom is 0.331 e. The summed E-state index contributed by atoms with van der Waals surface area (Å²) in [6, 6.07) is 6.89. The molecule has 1 atom stereocenters. The molecular formula is C18H23N3O4. The van der Waals surface area contributed by atoms with Gasteiger partial charge in [0.1, 0.15) is 6.54 Å². The van der Waals surface area contributed by atoms with Crippen LogP contribution in [0.3, 0.4) is 0 Å². The third-order valence-corrected chi connectivity index (χ3v) is 4.43. The van der Waals surface area contributed by atoms with E-state index in [2.05, 4.69) is 5.32 Å². The SMILES string of the molecule is CCCn1c(=O)c2ccccc2n(CC(=O)NCC2CCCO2)c1=O. The van der Waals surface area contributed by atoms with Gasteiger partial charge in [0.2, 0.25) is 5.91 Å². The quantitative estimate of drug-likeness (QED) is 0.842. The number of rotatable bonds is 6. The average Bonchev–Trinajstić information content (AvgIpc) is 3.14. The van der Waals surface area contributed by atoms with Crippen molar-refractivity contribution in [3.63, 3.8) is 0 Å². The van der Waals surface area contributed by atoms with Crippen molar-refractivity contribution in [1.29, 1.82) is 0 Å². The van der Waals surface area contributed by atoms with E-state index in [1.807, 2.05) is 6.92 Å². The van der Waals surface area contributed by atoms with Crippen LogP contribution < -0.4 is 16.6 Å². The fraction of sp³-hybridized carbons (Fsp3) is 0.500. The van der Waals surface area contributed by atoms with E-state index in [1.54, 1.807) is 24.3 Å². The number of carbonyl (C=O) groups is 1. The van der Waals surface area contributed by atoms with Gasteiger partial charge >= 0.3 is 5.69 Å². The maximum atomic E-state index is 12.7. The highest BCUT2D eigenvalue weighted by Gasteiger charge is 2.18. The summed E-state index contributed by atoms with van der Waals surface area (Å²) in [4.78, 5) is 37.5. The molecule has 7 nitrogen and oxygen atoms in total. The first-order valence-corrected chi connectivity index (χ1v) is 8.72. The minimum atomic E-state index is -0.446. The molecule has 1 fully saturated rings. The monoisotopic (exact) mass is 345 g/mol. The van der Waals surface area contributed by atoms with Crippen LogP contribution in [0.5, 0.6) is 0 Å². The van der Waals surface area contributed by atoms with Crippen molar-refractivity contribution >= 4 is 16.8 Å². The fourth-order valence-corrected chi connectivity index (χ4v) is 3.18. The Balaban J connectivity index is 1.90. The molecule has 0 aliphatic carbocycles. The topological polar surface area (TPSA) is 82.3 Å². The Morgan fingerprint density at radius 2 is 2.08 bits per heavy atom. The molecule has 0 saturated carbocycles. The molecule has 1 N–H and O–H groups in total. The second kappa shape index (κ2) is 7.65. The van der Waals surface area contributed by atoms with Crippen LogP contribution >= 0.6 is 0 Å². The molecule has 1 unspecified atom stereocenters. The number of hydrogen-bond donors (Lipinski definition) is 1. The number of carbonyl (C=O) groups excluding carboxylic acids is 1. The van der Waals surface area contributed by atoms with Crippen molar-refractivity contribution in [2.24, 2.45) is 0 Å². The van der Waals surface area contributed by atoms with Crippen molar-refractivity contribution in [3.05, 3.63) is 45.1 Å². The van der Waals surface area contributed by atoms with Gasteiger partial charge in [-0.3, -0.25) is 18.7 Å². The van der Waals surface area contributed by atoms with Crippen LogP contribution in [0.25, 0.3) is 10.9 Å². The third-order valence-electron chi connectivity index (χ3n) is 4.43. The van der Waals surface area contributed by atoms with Gasteiger partial charge in [-0.05, 0) is 31.4 Å². The lowest BCUT2D eigenvalue weighted by atomic mass is 10.2. The second-order valence-corrected chi connectivity index (χ2v) is 6.28. The lowest BCUT2D eigenvalue weighted by Gasteiger charge is -2.15. The van der Waals surface area contributed by atoms with E-state index >= 15 is 0 Å². The van der Waals surface area contributed by atoms with E-state index in [1.165, 1.54) is 9.13 Å². The van der Waals surface area contributed by atoms with Crippen LogP contribution in [0.15, 0.2) is 33.9 Å². The number of aromatic nitrogens is 2. The molecule has 1 amide bonds. The first-order valence-electron chi connectivity index (χ1n) is 8.72. The van der Waals surface area contributed by atoms with Crippen LogP contribution in [0.4, 0.5) is 0 Å². The summed E-state index contributed by atoms with van der Waals surface area (Å²) in [5.74, 6) is -0.260. The molecule has 1 aliphatic heterocycles. The molecule has 1 saturated heterocycles. The molecule has 3 rings (SSSR count). The van der Waals surface area contributed by atoms with Gasteiger partial charge in [0.05, 0.1) is 17.0 Å². The minimum absolute atomic E-state index is 0.0476. The van der Waals surface area contributed by atoms with Crippen LogP contribution in [-0.4, -0.2) is 34.3 Å². The molecule has 1 aromatic heterocycles. The summed E-state index contributed by atoms with van der Waals surface area (Å²) in [7, 11) is 0. The summed E-state index contributed by atoms with van der Waals surface area (Å²) in [5, 5.41) is 3.27. The molecule has 1 aliphatic rings. The van der Waals surface area contributed by atoms with Crippen LogP contribution in [-0.2, 0) is 22.6 Å². The largest absolute Gasteiger partial charge is 0.376 e. The summed E-state index contributed by atoms with van der Waals surface area (Å²) in [6.07, 6.45) is 2.65. The zero-order valence-electron chi connectivity index (χ0n) is 14.4. The number of amides is 1. The lowest BCUT2D eigenvalue weighted by Crippen LogP contribution is -2.43. The van der Waals surface area contributed by atoms with Crippen molar-refractivity contribution in [2.75, 3.05) is 13.2 Å². The van der Waals surface area contributed by atoms with Crippen LogP contribution in [0.2, 0.25) is 0 Å². The van der Waals surface area contributed by atoms with Gasteiger partial charge in [-0.15, -0.1) is 0 Å². The number of hydrogen-bond acceptors (Lipinski definition) is 4. The molecule has 0 bridgehead atoms. The first kappa shape index (κ1) is 17.4. The minimum Gasteiger partial charge on any atom is -0.376 e. The predicted octanol–water partition coefficient (Wildman–Crippen LogP) is 0.868. The van der Waals surface area contributed by atoms with Crippen molar-refractivity contribution in [2.45, 2.75) is 45.4 Å². The molecule has 25 heavy (non-hydrogen) atoms. The highest BCUT2D eigenvalue weighted by molar-refractivity contribution is 5.81. The van der Waals surface area contributed by atoms with Gasteiger partial charge < -0.3 is 10.1 Å². The number of ether oxygens (including phenoxy) is 1. The molecule has 1 aromatic carbocycles. The predicted molar refractivity (Wildman–Crippen MR) is 94.7 cm³/mol. The summed E-state index contributed by atoms with van der Waals surface area (Å²) < 4.78 is 8.06. The van der Waals surface area contributed by atoms with E-state index in [-0.39, 0.29) is 24.1 Å². The van der Waals surface area contributed by atoms with Crippen LogP contribution in [0.1, 0.15) is 26.2 Å². The number of nitrogens with zero attached hydrogens (tertiary/aromatic N) is 2. The van der Waals surface area contributed by atoms with Gasteiger partial charge in [-0.2, -0.15) is 0 Å². The Kier molecular flexibility index (Phi) is 5.33. The normalized spacial score (nSPS) is 17.1. The number of para-hydroxylation sites is 1. The lowest BCUT2D eigenvalue weighted by molar-refractivity contribution is -0.122. The molecule has 0 spiro atoms. The van der Waals surface area contributed by atoms with Crippen LogP contribution in [0, 0.1) is 0 Å². The summed E-state index contributed by atoms with van der Waals surface area (Å²) in [5.41, 5.74) is -0.270. The smallest absolute Gasteiger partial charge is 0.331 e. The number of benzene rings is 1. The van der Waals surface area contributed by atoms with Gasteiger partial charge in [-0.25, -0.2) is 4.79 Å². The molecule has 2 heterocycles. The Bertz CT molecular complexity index is 878. The summed E-state index contributed by atoms with van der Waals surface area (Å²) >= 11 is 0. The molecule has 7 heteroatoms. The average molecular weight is 345 g/mol. The molecule has 0 radical (unpaired) electrons. The number of fused-ring (bicyclic) bond motifs is 1. The Morgan fingerprint density at radius 3 is 2.80 bits per heavy atom. The van der Waals surface area contributed by atoms with E-state index in [0.717, 1.165) is 19.4 Å². The molecule has 2 aromatic rings. The fourth-order valence-electron chi connectivity index (χ4n) is 3.18. The van der Waals surface area contributed by atoms with E-state index < -0.39 is 5.69 Å². The Labute approximate surface area is 145 Å². The second-order valence-electron chi connectivity index (χ2n) is 6.28. The van der Waals surface area contributed by atoms with Crippen molar-refractivity contribution in [1.82, 2.24) is 14.5 Å². The van der Waals surface area contributed by atoms with E-state index in [4.69, 9.17) is 4.74 Å². The van der Waals surface area contributed by atoms with E-state index in [9.17, 15) is 14.4 Å². The Morgan fingerprint density at radius 1 is 1.28 bits per heavy atom. The highest BCUT2D eigenvalue weighted by Crippen LogP contribution is 2.11. The molecular weight excluding hydrogens is 322 g/mol. The van der Waals surface area contributed by atoms with Gasteiger partial charge in [0.25, 0.3) is 5.56 Å². The standard InChI is InChI=1S/C18H23N3O4/c1-2-9-20-17(23)14-7-3-4-8-15(14)21(18(20)24)12-16(22)19-11-13-6-5-10-25-13/h3-4,7-8,13H,2,5-6,9-12H2,1H3,(H,19,22). The zero-order chi connectivity index (χ0) is 17.8. The zero-order valence-corrected chi connectivity index (χ0v) is 14.4. The maximum absolute atomic E-state index is 12.7. The van der Waals surface area contributed by atoms with E-state index in [0.29, 0.717) is 30.4 Å². The third kappa shape index (κ3) is 3.66. The highest BCUT2D eigenvalue weighted by atomic mass is 16.5. The number of nitrogens with one attached hydrogen (secondary N) is 1. The van der Waals surface area contributed by atoms with Gasteiger partial charge in [0.15, 0.2) is 0 Å². The van der Waals surface area contributed by atoms with Crippen molar-refractivity contribution < 1.29 is 9.53 Å². The first-order chi connectivity index (χ1) is 12.1. The summed E-state index contributed by atoms with van der Waals surface area (Å²) in [6.45, 7) is 3.29. The molecule has 134 valence electrons.